The van der Waals surface area contributed by atoms with Crippen LogP contribution in [0.1, 0.15) is 43.4 Å². The number of aryl methyl sites for hydroxylation is 1. The molecule has 0 unspecified atom stereocenters. The molecule has 0 amide bonds. The zero-order valence-corrected chi connectivity index (χ0v) is 8.84. The van der Waals surface area contributed by atoms with Crippen LogP contribution < -0.4 is 11.3 Å². The molecule has 1 atom stereocenters. The molecule has 3 N–H and O–H groups in total. The monoisotopic (exact) mass is 194 g/mol. The van der Waals surface area contributed by atoms with Crippen molar-refractivity contribution in [2.45, 2.75) is 39.2 Å². The van der Waals surface area contributed by atoms with E-state index in [0.717, 1.165) is 24.8 Å². The summed E-state index contributed by atoms with van der Waals surface area (Å²) in [4.78, 5) is 14.1. The van der Waals surface area contributed by atoms with E-state index in [1.54, 1.807) is 6.20 Å². The van der Waals surface area contributed by atoms with Gasteiger partial charge in [-0.25, -0.2) is 0 Å². The summed E-state index contributed by atoms with van der Waals surface area (Å²) in [6.07, 6.45) is 4.76. The Morgan fingerprint density at radius 1 is 1.57 bits per heavy atom. The van der Waals surface area contributed by atoms with Gasteiger partial charge in [-0.15, -0.1) is 0 Å². The number of pyridine rings is 1. The van der Waals surface area contributed by atoms with Crippen LogP contribution in [0.15, 0.2) is 17.1 Å². The number of H-pyrrole nitrogens is 1. The van der Waals surface area contributed by atoms with Crippen LogP contribution in [-0.4, -0.2) is 4.98 Å². The summed E-state index contributed by atoms with van der Waals surface area (Å²) < 4.78 is 0. The molecule has 1 heterocycles. The fraction of sp³-hybridized carbons (Fsp3) is 0.545. The average Bonchev–Trinajstić information content (AvgIpc) is 2.18. The van der Waals surface area contributed by atoms with E-state index in [9.17, 15) is 4.79 Å². The maximum atomic E-state index is 11.4. The Morgan fingerprint density at radius 2 is 2.29 bits per heavy atom. The van der Waals surface area contributed by atoms with Crippen LogP contribution in [-0.2, 0) is 0 Å². The van der Waals surface area contributed by atoms with Gasteiger partial charge in [-0.2, -0.15) is 0 Å². The van der Waals surface area contributed by atoms with Gasteiger partial charge in [-0.1, -0.05) is 19.8 Å². The van der Waals surface area contributed by atoms with E-state index in [-0.39, 0.29) is 11.6 Å². The van der Waals surface area contributed by atoms with Crippen molar-refractivity contribution in [3.8, 4) is 0 Å². The van der Waals surface area contributed by atoms with Gasteiger partial charge in [0.1, 0.15) is 0 Å². The quantitative estimate of drug-likeness (QED) is 0.768. The number of nitrogens with two attached hydrogens (primary N) is 1. The minimum atomic E-state index is -0.126. The molecule has 0 bridgehead atoms. The Hall–Kier alpha value is -1.09. The molecule has 0 spiro atoms. The number of aromatic amines is 1. The maximum absolute atomic E-state index is 11.4. The van der Waals surface area contributed by atoms with Gasteiger partial charge in [0.05, 0.1) is 0 Å². The number of unbranched alkanes of at least 4 members (excludes halogenated alkanes) is 1. The summed E-state index contributed by atoms with van der Waals surface area (Å²) in [5.74, 6) is 0. The number of hydrogen-bond acceptors (Lipinski definition) is 2. The number of nitrogens with one attached hydrogen (secondary N) is 1. The van der Waals surface area contributed by atoms with Crippen LogP contribution in [0.2, 0.25) is 0 Å². The zero-order chi connectivity index (χ0) is 10.6. The molecule has 0 saturated heterocycles. The SMILES string of the molecule is CCCC[C@@H](N)c1cc(C)c[nH]c1=O. The van der Waals surface area contributed by atoms with Crippen molar-refractivity contribution in [1.29, 1.82) is 0 Å². The molecule has 0 aliphatic rings. The molecule has 1 aromatic rings. The molecule has 1 rings (SSSR count). The lowest BCUT2D eigenvalue weighted by Gasteiger charge is -2.10. The van der Waals surface area contributed by atoms with Gasteiger partial charge in [0, 0.05) is 17.8 Å². The summed E-state index contributed by atoms with van der Waals surface area (Å²) in [5, 5.41) is 0. The molecule has 0 aliphatic heterocycles. The molecule has 0 radical (unpaired) electrons. The van der Waals surface area contributed by atoms with Crippen LogP contribution in [0.25, 0.3) is 0 Å². The van der Waals surface area contributed by atoms with Gasteiger partial charge < -0.3 is 10.7 Å². The number of hydrogen-bond donors (Lipinski definition) is 2. The van der Waals surface area contributed by atoms with Crippen LogP contribution in [0.3, 0.4) is 0 Å². The number of rotatable bonds is 4. The lowest BCUT2D eigenvalue weighted by atomic mass is 10.0. The molecule has 0 fully saturated rings. The molecule has 0 aliphatic carbocycles. The van der Waals surface area contributed by atoms with Crippen molar-refractivity contribution < 1.29 is 0 Å². The smallest absolute Gasteiger partial charge is 0.252 e. The van der Waals surface area contributed by atoms with E-state index in [1.807, 2.05) is 13.0 Å². The highest BCUT2D eigenvalue weighted by atomic mass is 16.1. The fourth-order valence-electron chi connectivity index (χ4n) is 1.47. The van der Waals surface area contributed by atoms with Crippen molar-refractivity contribution in [1.82, 2.24) is 4.98 Å². The van der Waals surface area contributed by atoms with E-state index >= 15 is 0 Å². The normalized spacial score (nSPS) is 12.8. The second-order valence-electron chi connectivity index (χ2n) is 3.71. The molecule has 3 nitrogen and oxygen atoms in total. The Kier molecular flexibility index (Phi) is 3.89. The third kappa shape index (κ3) is 2.70. The molecule has 3 heteroatoms. The predicted molar refractivity (Wildman–Crippen MR) is 58.3 cm³/mol. The largest absolute Gasteiger partial charge is 0.329 e. The van der Waals surface area contributed by atoms with Crippen LogP contribution in [0.4, 0.5) is 0 Å². The first kappa shape index (κ1) is 11.0. The van der Waals surface area contributed by atoms with Gasteiger partial charge in [0.25, 0.3) is 5.56 Å². The Bertz CT molecular complexity index is 343. The van der Waals surface area contributed by atoms with E-state index in [1.165, 1.54) is 0 Å². The van der Waals surface area contributed by atoms with E-state index < -0.39 is 0 Å². The van der Waals surface area contributed by atoms with Gasteiger partial charge in [0.2, 0.25) is 0 Å². The third-order valence-corrected chi connectivity index (χ3v) is 2.34. The lowest BCUT2D eigenvalue weighted by Crippen LogP contribution is -2.21. The lowest BCUT2D eigenvalue weighted by molar-refractivity contribution is 0.598. The summed E-state index contributed by atoms with van der Waals surface area (Å²) in [6, 6.07) is 1.75. The highest BCUT2D eigenvalue weighted by Gasteiger charge is 2.09. The second kappa shape index (κ2) is 4.96. The first-order chi connectivity index (χ1) is 6.65. The van der Waals surface area contributed by atoms with Crippen LogP contribution >= 0.6 is 0 Å². The topological polar surface area (TPSA) is 58.9 Å². The maximum Gasteiger partial charge on any atom is 0.252 e. The van der Waals surface area contributed by atoms with E-state index in [0.29, 0.717) is 5.56 Å². The highest BCUT2D eigenvalue weighted by Crippen LogP contribution is 2.13. The second-order valence-corrected chi connectivity index (χ2v) is 3.71. The van der Waals surface area contributed by atoms with Gasteiger partial charge in [0.15, 0.2) is 0 Å². The standard InChI is InChI=1S/C11H18N2O/c1-3-4-5-10(12)9-6-8(2)7-13-11(9)14/h6-7,10H,3-5,12H2,1-2H3,(H,13,14)/t10-/m1/s1. The summed E-state index contributed by atoms with van der Waals surface area (Å²) >= 11 is 0. The van der Waals surface area contributed by atoms with Gasteiger partial charge in [-0.3, -0.25) is 4.79 Å². The third-order valence-electron chi connectivity index (χ3n) is 2.34. The molecule has 0 aromatic carbocycles. The summed E-state index contributed by atoms with van der Waals surface area (Å²) in [6.45, 7) is 4.07. The van der Waals surface area contributed by atoms with Gasteiger partial charge >= 0.3 is 0 Å². The molecular formula is C11H18N2O. The summed E-state index contributed by atoms with van der Waals surface area (Å²) in [7, 11) is 0. The average molecular weight is 194 g/mol. The summed E-state index contributed by atoms with van der Waals surface area (Å²) in [5.41, 5.74) is 7.63. The van der Waals surface area contributed by atoms with E-state index in [2.05, 4.69) is 11.9 Å². The Labute approximate surface area is 84.3 Å². The Morgan fingerprint density at radius 3 is 2.93 bits per heavy atom. The first-order valence-corrected chi connectivity index (χ1v) is 5.10. The molecule has 1 aromatic heterocycles. The predicted octanol–water partition coefficient (Wildman–Crippen LogP) is 1.87. The van der Waals surface area contributed by atoms with Crippen molar-refractivity contribution in [3.63, 3.8) is 0 Å². The van der Waals surface area contributed by atoms with Crippen molar-refractivity contribution in [3.05, 3.63) is 33.7 Å². The van der Waals surface area contributed by atoms with Crippen LogP contribution in [0, 0.1) is 6.92 Å². The van der Waals surface area contributed by atoms with Crippen molar-refractivity contribution >= 4 is 0 Å². The van der Waals surface area contributed by atoms with Crippen molar-refractivity contribution in [2.24, 2.45) is 5.73 Å². The van der Waals surface area contributed by atoms with Crippen LogP contribution in [0.5, 0.6) is 0 Å². The fourth-order valence-corrected chi connectivity index (χ4v) is 1.47. The van der Waals surface area contributed by atoms with E-state index in [4.69, 9.17) is 5.73 Å². The molecule has 78 valence electrons. The molecule has 14 heavy (non-hydrogen) atoms. The highest BCUT2D eigenvalue weighted by molar-refractivity contribution is 5.19. The Balaban J connectivity index is 2.83. The number of aromatic nitrogens is 1. The first-order valence-electron chi connectivity index (χ1n) is 5.10. The minimum Gasteiger partial charge on any atom is -0.329 e. The van der Waals surface area contributed by atoms with Crippen molar-refractivity contribution in [2.75, 3.05) is 0 Å². The van der Waals surface area contributed by atoms with Gasteiger partial charge in [-0.05, 0) is 25.0 Å². The minimum absolute atomic E-state index is 0.0563. The molecular weight excluding hydrogens is 176 g/mol. The zero-order valence-electron chi connectivity index (χ0n) is 8.84. The molecule has 0 saturated carbocycles.